The number of carbonyl (C=O) groups excluding carboxylic acids is 1. The highest BCUT2D eigenvalue weighted by atomic mass is 16.6. The van der Waals surface area contributed by atoms with Crippen LogP contribution in [0, 0.1) is 24.0 Å². The summed E-state index contributed by atoms with van der Waals surface area (Å²) >= 11 is 0. The third-order valence-electron chi connectivity index (χ3n) is 3.79. The zero-order valence-electron chi connectivity index (χ0n) is 12.3. The first-order valence-corrected chi connectivity index (χ1v) is 6.95. The Kier molecular flexibility index (Phi) is 4.87. The molecule has 0 radical (unpaired) electrons. The number of amides is 1. The number of ether oxygens (including phenoxy) is 1. The maximum absolute atomic E-state index is 12.1. The number of benzene rings is 1. The average Bonchev–Trinajstić information content (AvgIpc) is 2.44. The van der Waals surface area contributed by atoms with Gasteiger partial charge in [-0.2, -0.15) is 0 Å². The number of hydrogen-bond donors (Lipinski definition) is 2. The molecule has 2 N–H and O–H groups in total. The molecule has 0 saturated carbocycles. The summed E-state index contributed by atoms with van der Waals surface area (Å²) in [5, 5.41) is 13.8. The van der Waals surface area contributed by atoms with E-state index in [0.717, 1.165) is 29.1 Å². The summed E-state index contributed by atoms with van der Waals surface area (Å²) in [6.07, 6.45) is 0. The number of nitro groups is 1. The van der Waals surface area contributed by atoms with Crippen molar-refractivity contribution in [2.24, 2.45) is 0 Å². The van der Waals surface area contributed by atoms with Crippen LogP contribution in [0.15, 0.2) is 12.1 Å². The predicted octanol–water partition coefficient (Wildman–Crippen LogP) is 0.0652. The molecular formula is C14H20N3O4+. The van der Waals surface area contributed by atoms with Crippen molar-refractivity contribution >= 4 is 17.3 Å². The highest BCUT2D eigenvalue weighted by Crippen LogP contribution is 2.29. The molecule has 1 heterocycles. The number of aryl methyl sites for hydroxylation is 1. The molecule has 114 valence electrons. The van der Waals surface area contributed by atoms with Crippen LogP contribution in [-0.4, -0.2) is 43.7 Å². The Bertz CT molecular complexity index is 553. The first-order valence-electron chi connectivity index (χ1n) is 6.95. The second kappa shape index (κ2) is 6.64. The standard InChI is InChI=1S/C14H19N3O4/c1-10-3-4-12(17(19)20)14(11(10)2)15-13(18)9-16-5-7-21-8-6-16/h3-4H,5-9H2,1-2H3,(H,15,18)/p+1. The van der Waals surface area contributed by atoms with Crippen molar-refractivity contribution < 1.29 is 19.4 Å². The summed E-state index contributed by atoms with van der Waals surface area (Å²) in [6, 6.07) is 3.12. The van der Waals surface area contributed by atoms with Crippen LogP contribution in [0.2, 0.25) is 0 Å². The van der Waals surface area contributed by atoms with Gasteiger partial charge in [-0.15, -0.1) is 0 Å². The van der Waals surface area contributed by atoms with Gasteiger partial charge < -0.3 is 15.0 Å². The highest BCUT2D eigenvalue weighted by molar-refractivity contribution is 5.95. The van der Waals surface area contributed by atoms with Gasteiger partial charge in [-0.25, -0.2) is 0 Å². The zero-order valence-corrected chi connectivity index (χ0v) is 12.3. The minimum absolute atomic E-state index is 0.0663. The van der Waals surface area contributed by atoms with E-state index < -0.39 is 4.92 Å². The highest BCUT2D eigenvalue weighted by Gasteiger charge is 2.22. The lowest BCUT2D eigenvalue weighted by Crippen LogP contribution is -3.15. The fourth-order valence-corrected chi connectivity index (χ4v) is 2.36. The molecular weight excluding hydrogens is 274 g/mol. The fraction of sp³-hybridized carbons (Fsp3) is 0.500. The second-order valence-electron chi connectivity index (χ2n) is 5.25. The predicted molar refractivity (Wildman–Crippen MR) is 77.6 cm³/mol. The molecule has 21 heavy (non-hydrogen) atoms. The summed E-state index contributed by atoms with van der Waals surface area (Å²) < 4.78 is 5.24. The van der Waals surface area contributed by atoms with Gasteiger partial charge in [0.15, 0.2) is 6.54 Å². The molecule has 0 aliphatic carbocycles. The maximum Gasteiger partial charge on any atom is 0.293 e. The van der Waals surface area contributed by atoms with Crippen LogP contribution in [0.5, 0.6) is 0 Å². The quantitative estimate of drug-likeness (QED) is 0.607. The van der Waals surface area contributed by atoms with Gasteiger partial charge >= 0.3 is 0 Å². The number of anilines is 1. The van der Waals surface area contributed by atoms with E-state index in [1.165, 1.54) is 6.07 Å². The van der Waals surface area contributed by atoms with Crippen molar-refractivity contribution in [1.82, 2.24) is 0 Å². The van der Waals surface area contributed by atoms with E-state index in [9.17, 15) is 14.9 Å². The van der Waals surface area contributed by atoms with Crippen molar-refractivity contribution in [3.05, 3.63) is 33.4 Å². The van der Waals surface area contributed by atoms with Crippen LogP contribution in [0.3, 0.4) is 0 Å². The average molecular weight is 294 g/mol. The maximum atomic E-state index is 12.1. The first kappa shape index (κ1) is 15.4. The van der Waals surface area contributed by atoms with Crippen LogP contribution in [0.4, 0.5) is 11.4 Å². The Morgan fingerprint density at radius 2 is 2.05 bits per heavy atom. The molecule has 1 aliphatic heterocycles. The molecule has 1 fully saturated rings. The van der Waals surface area contributed by atoms with Crippen LogP contribution in [-0.2, 0) is 9.53 Å². The number of hydrogen-bond acceptors (Lipinski definition) is 4. The number of nitrogens with one attached hydrogen (secondary N) is 2. The van der Waals surface area contributed by atoms with E-state index in [2.05, 4.69) is 5.32 Å². The van der Waals surface area contributed by atoms with Gasteiger partial charge in [-0.05, 0) is 25.0 Å². The molecule has 0 spiro atoms. The van der Waals surface area contributed by atoms with Crippen molar-refractivity contribution in [1.29, 1.82) is 0 Å². The van der Waals surface area contributed by atoms with Crippen molar-refractivity contribution in [2.75, 3.05) is 38.2 Å². The molecule has 1 amide bonds. The molecule has 0 atom stereocenters. The lowest BCUT2D eigenvalue weighted by molar-refractivity contribution is -0.899. The van der Waals surface area contributed by atoms with Crippen molar-refractivity contribution in [3.63, 3.8) is 0 Å². The van der Waals surface area contributed by atoms with E-state index in [1.54, 1.807) is 13.0 Å². The molecule has 7 heteroatoms. The molecule has 0 unspecified atom stereocenters. The molecule has 2 rings (SSSR count). The third-order valence-corrected chi connectivity index (χ3v) is 3.79. The summed E-state index contributed by atoms with van der Waals surface area (Å²) in [4.78, 5) is 23.9. The molecule has 7 nitrogen and oxygen atoms in total. The van der Waals surface area contributed by atoms with Gasteiger partial charge in [-0.3, -0.25) is 14.9 Å². The number of carbonyl (C=O) groups is 1. The van der Waals surface area contributed by atoms with E-state index >= 15 is 0 Å². The topological polar surface area (TPSA) is 85.9 Å². The number of rotatable bonds is 4. The second-order valence-corrected chi connectivity index (χ2v) is 5.25. The number of nitrogens with zero attached hydrogens (tertiary/aromatic N) is 1. The van der Waals surface area contributed by atoms with Gasteiger partial charge in [0.25, 0.3) is 11.6 Å². The fourth-order valence-electron chi connectivity index (χ4n) is 2.36. The Morgan fingerprint density at radius 3 is 2.67 bits per heavy atom. The lowest BCUT2D eigenvalue weighted by atomic mass is 10.1. The molecule has 1 aromatic carbocycles. The van der Waals surface area contributed by atoms with E-state index in [1.807, 2.05) is 6.92 Å². The van der Waals surface area contributed by atoms with Crippen LogP contribution < -0.4 is 10.2 Å². The third kappa shape index (κ3) is 3.77. The number of quaternary nitrogens is 1. The molecule has 1 saturated heterocycles. The largest absolute Gasteiger partial charge is 0.370 e. The van der Waals surface area contributed by atoms with Crippen molar-refractivity contribution in [2.45, 2.75) is 13.8 Å². The van der Waals surface area contributed by atoms with Crippen LogP contribution >= 0.6 is 0 Å². The minimum Gasteiger partial charge on any atom is -0.370 e. The summed E-state index contributed by atoms with van der Waals surface area (Å²) in [5.41, 5.74) is 1.88. The van der Waals surface area contributed by atoms with E-state index in [-0.39, 0.29) is 11.6 Å². The Labute approximate surface area is 123 Å². The lowest BCUT2D eigenvalue weighted by Gasteiger charge is -2.23. The minimum atomic E-state index is -0.469. The molecule has 1 aromatic rings. The van der Waals surface area contributed by atoms with Crippen LogP contribution in [0.25, 0.3) is 0 Å². The summed E-state index contributed by atoms with van der Waals surface area (Å²) in [5.74, 6) is -0.205. The van der Waals surface area contributed by atoms with E-state index in [4.69, 9.17) is 4.74 Å². The monoisotopic (exact) mass is 294 g/mol. The van der Waals surface area contributed by atoms with Gasteiger partial charge in [-0.1, -0.05) is 6.07 Å². The van der Waals surface area contributed by atoms with Crippen LogP contribution in [0.1, 0.15) is 11.1 Å². The number of nitro benzene ring substituents is 1. The van der Waals surface area contributed by atoms with E-state index in [0.29, 0.717) is 25.4 Å². The van der Waals surface area contributed by atoms with Gasteiger partial charge in [0.2, 0.25) is 0 Å². The first-order chi connectivity index (χ1) is 9.99. The molecule has 0 bridgehead atoms. The Morgan fingerprint density at radius 1 is 1.38 bits per heavy atom. The summed E-state index contributed by atoms with van der Waals surface area (Å²) in [7, 11) is 0. The molecule has 1 aliphatic rings. The zero-order chi connectivity index (χ0) is 15.4. The smallest absolute Gasteiger partial charge is 0.293 e. The number of morpholine rings is 1. The normalized spacial score (nSPS) is 15.7. The van der Waals surface area contributed by atoms with Gasteiger partial charge in [0.1, 0.15) is 18.8 Å². The SMILES string of the molecule is Cc1ccc([N+](=O)[O-])c(NC(=O)C[NH+]2CCOCC2)c1C. The van der Waals surface area contributed by atoms with Gasteiger partial charge in [0.05, 0.1) is 18.1 Å². The Balaban J connectivity index is 2.12. The molecule has 0 aromatic heterocycles. The van der Waals surface area contributed by atoms with Crippen molar-refractivity contribution in [3.8, 4) is 0 Å². The van der Waals surface area contributed by atoms with Gasteiger partial charge in [0, 0.05) is 6.07 Å². The Hall–Kier alpha value is -1.99. The summed E-state index contributed by atoms with van der Waals surface area (Å²) in [6.45, 7) is 6.79.